The van der Waals surface area contributed by atoms with E-state index >= 15 is 0 Å². The molecule has 1 unspecified atom stereocenters. The average Bonchev–Trinajstić information content (AvgIpc) is 2.74. The third-order valence-corrected chi connectivity index (χ3v) is 1.51. The van der Waals surface area contributed by atoms with Crippen LogP contribution >= 0.6 is 0 Å². The summed E-state index contributed by atoms with van der Waals surface area (Å²) in [5.41, 5.74) is 0. The third kappa shape index (κ3) is 0.949. The zero-order chi connectivity index (χ0) is 8.39. The summed E-state index contributed by atoms with van der Waals surface area (Å²) in [5.74, 6) is 0.369. The molecular weight excluding hydrogens is 160 g/mol. The third-order valence-electron chi connectivity index (χ3n) is 1.51. The molecule has 1 aromatic heterocycles. The van der Waals surface area contributed by atoms with E-state index in [1.165, 1.54) is 11.3 Å². The lowest BCUT2D eigenvalue weighted by atomic mass is 10.3. The molecule has 0 saturated carbocycles. The van der Waals surface area contributed by atoms with Crippen molar-refractivity contribution in [2.45, 2.75) is 6.04 Å². The SMILES string of the molecule is O=CC1CN=NN1c1nc[nH]n1. The Kier molecular flexibility index (Phi) is 1.54. The Bertz CT molecular complexity index is 293. The van der Waals surface area contributed by atoms with Crippen LogP contribution in [-0.4, -0.2) is 34.1 Å². The van der Waals surface area contributed by atoms with Crippen molar-refractivity contribution in [1.29, 1.82) is 0 Å². The Morgan fingerprint density at radius 3 is 3.33 bits per heavy atom. The monoisotopic (exact) mass is 166 g/mol. The van der Waals surface area contributed by atoms with Crippen LogP contribution in [0, 0.1) is 0 Å². The molecule has 2 heterocycles. The zero-order valence-corrected chi connectivity index (χ0v) is 6.08. The van der Waals surface area contributed by atoms with Gasteiger partial charge in [-0.05, 0) is 0 Å². The summed E-state index contributed by atoms with van der Waals surface area (Å²) in [6, 6.07) is -0.360. The highest BCUT2D eigenvalue weighted by Crippen LogP contribution is 2.14. The van der Waals surface area contributed by atoms with E-state index in [1.54, 1.807) is 0 Å². The van der Waals surface area contributed by atoms with E-state index < -0.39 is 0 Å². The highest BCUT2D eigenvalue weighted by molar-refractivity contribution is 5.64. The number of aromatic nitrogens is 3. The molecule has 0 bridgehead atoms. The topological polar surface area (TPSA) is 86.6 Å². The number of H-pyrrole nitrogens is 1. The minimum atomic E-state index is -0.360. The first-order valence-corrected chi connectivity index (χ1v) is 3.39. The quantitative estimate of drug-likeness (QED) is 0.603. The van der Waals surface area contributed by atoms with Crippen molar-refractivity contribution in [3.63, 3.8) is 0 Å². The molecule has 1 aromatic rings. The molecule has 1 aliphatic rings. The Labute approximate surface area is 67.5 Å². The first kappa shape index (κ1) is 6.89. The van der Waals surface area contributed by atoms with Crippen LogP contribution in [-0.2, 0) is 4.79 Å². The smallest absolute Gasteiger partial charge is 0.267 e. The van der Waals surface area contributed by atoms with Gasteiger partial charge in [-0.25, -0.2) is 0 Å². The standard InChI is InChI=1S/C5H6N6O/c12-2-4-1-7-10-11(4)5-6-3-8-9-5/h2-4H,1H2,(H,6,8,9). The van der Waals surface area contributed by atoms with Crippen LogP contribution in [0.3, 0.4) is 0 Å². The lowest BCUT2D eigenvalue weighted by molar-refractivity contribution is -0.108. The Hall–Kier alpha value is -1.79. The number of nitrogens with one attached hydrogen (secondary N) is 1. The van der Waals surface area contributed by atoms with Crippen molar-refractivity contribution >= 4 is 12.2 Å². The maximum absolute atomic E-state index is 10.5. The van der Waals surface area contributed by atoms with Gasteiger partial charge in [0.25, 0.3) is 5.95 Å². The van der Waals surface area contributed by atoms with Crippen LogP contribution in [0.1, 0.15) is 0 Å². The highest BCUT2D eigenvalue weighted by atomic mass is 16.1. The first-order chi connectivity index (χ1) is 5.92. The summed E-state index contributed by atoms with van der Waals surface area (Å²) in [6.07, 6.45) is 2.20. The molecule has 0 aliphatic carbocycles. The van der Waals surface area contributed by atoms with E-state index in [1.807, 2.05) is 0 Å². The van der Waals surface area contributed by atoms with E-state index in [0.29, 0.717) is 12.5 Å². The molecule has 62 valence electrons. The van der Waals surface area contributed by atoms with Crippen LogP contribution in [0.25, 0.3) is 0 Å². The van der Waals surface area contributed by atoms with Crippen molar-refractivity contribution in [2.75, 3.05) is 11.6 Å². The maximum atomic E-state index is 10.5. The lowest BCUT2D eigenvalue weighted by Crippen LogP contribution is -2.30. The number of carbonyl (C=O) groups excluding carboxylic acids is 1. The zero-order valence-electron chi connectivity index (χ0n) is 6.08. The molecule has 12 heavy (non-hydrogen) atoms. The highest BCUT2D eigenvalue weighted by Gasteiger charge is 2.25. The summed E-state index contributed by atoms with van der Waals surface area (Å²) < 4.78 is 0. The molecule has 0 saturated heterocycles. The number of aldehydes is 1. The average molecular weight is 166 g/mol. The lowest BCUT2D eigenvalue weighted by Gasteiger charge is -2.10. The fraction of sp³-hybridized carbons (Fsp3) is 0.400. The van der Waals surface area contributed by atoms with Gasteiger partial charge >= 0.3 is 0 Å². The molecule has 2 rings (SSSR count). The van der Waals surface area contributed by atoms with E-state index in [0.717, 1.165) is 6.29 Å². The van der Waals surface area contributed by atoms with Crippen LogP contribution < -0.4 is 5.01 Å². The summed E-state index contributed by atoms with van der Waals surface area (Å²) in [5, 5.41) is 15.1. The molecule has 1 aliphatic heterocycles. The predicted molar refractivity (Wildman–Crippen MR) is 38.4 cm³/mol. The van der Waals surface area contributed by atoms with Crippen molar-refractivity contribution in [3.05, 3.63) is 6.33 Å². The first-order valence-electron chi connectivity index (χ1n) is 3.39. The number of rotatable bonds is 2. The summed E-state index contributed by atoms with van der Waals surface area (Å²) in [4.78, 5) is 14.3. The van der Waals surface area contributed by atoms with E-state index in [-0.39, 0.29) is 6.04 Å². The molecule has 1 N–H and O–H groups in total. The second-order valence-electron chi connectivity index (χ2n) is 2.26. The molecule has 0 radical (unpaired) electrons. The summed E-state index contributed by atoms with van der Waals surface area (Å²) in [6.45, 7) is 0.373. The van der Waals surface area contributed by atoms with Gasteiger partial charge in [0.15, 0.2) is 0 Å². The second-order valence-corrected chi connectivity index (χ2v) is 2.26. The molecule has 0 fully saturated rings. The fourth-order valence-electron chi connectivity index (χ4n) is 0.933. The van der Waals surface area contributed by atoms with E-state index in [2.05, 4.69) is 25.5 Å². The Balaban J connectivity index is 2.23. The number of carbonyl (C=O) groups is 1. The van der Waals surface area contributed by atoms with Gasteiger partial charge in [0.05, 0.1) is 6.54 Å². The fourth-order valence-corrected chi connectivity index (χ4v) is 0.933. The number of anilines is 1. The largest absolute Gasteiger partial charge is 0.301 e. The van der Waals surface area contributed by atoms with Crippen LogP contribution in [0.15, 0.2) is 16.7 Å². The molecule has 0 aromatic carbocycles. The van der Waals surface area contributed by atoms with Gasteiger partial charge in [-0.3, -0.25) is 5.10 Å². The Morgan fingerprint density at radius 2 is 2.67 bits per heavy atom. The minimum Gasteiger partial charge on any atom is -0.301 e. The number of hydrogen-bond donors (Lipinski definition) is 1. The molecule has 7 nitrogen and oxygen atoms in total. The molecule has 1 atom stereocenters. The maximum Gasteiger partial charge on any atom is 0.267 e. The summed E-state index contributed by atoms with van der Waals surface area (Å²) >= 11 is 0. The van der Waals surface area contributed by atoms with Gasteiger partial charge in [0.1, 0.15) is 18.7 Å². The van der Waals surface area contributed by atoms with Crippen molar-refractivity contribution in [2.24, 2.45) is 10.3 Å². The number of aromatic amines is 1. The van der Waals surface area contributed by atoms with Crippen LogP contribution in [0.4, 0.5) is 5.95 Å². The number of hydrogen-bond acceptors (Lipinski definition) is 6. The minimum absolute atomic E-state index is 0.360. The van der Waals surface area contributed by atoms with Crippen molar-refractivity contribution in [3.8, 4) is 0 Å². The summed E-state index contributed by atoms with van der Waals surface area (Å²) in [7, 11) is 0. The normalized spacial score (nSPS) is 21.7. The molecule has 7 heteroatoms. The van der Waals surface area contributed by atoms with E-state index in [9.17, 15) is 4.79 Å². The second kappa shape index (κ2) is 2.68. The van der Waals surface area contributed by atoms with Gasteiger partial charge in [-0.15, -0.1) is 5.10 Å². The predicted octanol–water partition coefficient (Wildman–Crippen LogP) is -0.441. The van der Waals surface area contributed by atoms with Gasteiger partial charge in [-0.2, -0.15) is 15.1 Å². The van der Waals surface area contributed by atoms with Gasteiger partial charge in [0.2, 0.25) is 0 Å². The van der Waals surface area contributed by atoms with Crippen molar-refractivity contribution < 1.29 is 4.79 Å². The van der Waals surface area contributed by atoms with Crippen molar-refractivity contribution in [1.82, 2.24) is 15.2 Å². The van der Waals surface area contributed by atoms with E-state index in [4.69, 9.17) is 0 Å². The van der Waals surface area contributed by atoms with Crippen LogP contribution in [0.5, 0.6) is 0 Å². The van der Waals surface area contributed by atoms with Gasteiger partial charge < -0.3 is 4.79 Å². The Morgan fingerprint density at radius 1 is 1.75 bits per heavy atom. The molecule has 0 amide bonds. The molecular formula is C5H6N6O. The van der Waals surface area contributed by atoms with Crippen LogP contribution in [0.2, 0.25) is 0 Å². The molecule has 0 spiro atoms. The van der Waals surface area contributed by atoms with Gasteiger partial charge in [-0.1, -0.05) is 5.22 Å². The van der Waals surface area contributed by atoms with Gasteiger partial charge in [0, 0.05) is 0 Å². The number of nitrogens with zero attached hydrogens (tertiary/aromatic N) is 5.